The molecule has 0 unspecified atom stereocenters. The van der Waals surface area contributed by atoms with Crippen molar-refractivity contribution in [2.24, 2.45) is 0 Å². The lowest BCUT2D eigenvalue weighted by Gasteiger charge is -2.13. The number of hydrogen-bond acceptors (Lipinski definition) is 5. The number of fused-ring (bicyclic) bond motifs is 1. The monoisotopic (exact) mass is 439 g/mol. The number of thioether (sulfide) groups is 1. The molecule has 2 aromatic carbocycles. The number of rotatable bonds is 6. The Hall–Kier alpha value is -3.10. The Bertz CT molecular complexity index is 1260. The van der Waals surface area contributed by atoms with Crippen LogP contribution >= 0.6 is 23.4 Å². The minimum atomic E-state index is -0.311. The second-order valence-electron chi connectivity index (χ2n) is 6.63. The van der Waals surface area contributed by atoms with Gasteiger partial charge in [0.2, 0.25) is 5.91 Å². The summed E-state index contributed by atoms with van der Waals surface area (Å²) in [6.07, 6.45) is 1.46. The molecule has 0 radical (unpaired) electrons. The summed E-state index contributed by atoms with van der Waals surface area (Å²) in [4.78, 5) is 32.0. The zero-order valence-electron chi connectivity index (χ0n) is 16.0. The van der Waals surface area contributed by atoms with Gasteiger partial charge in [-0.05, 0) is 30.7 Å². The minimum Gasteiger partial charge on any atom is -0.349 e. The molecule has 4 rings (SSSR count). The summed E-state index contributed by atoms with van der Waals surface area (Å²) in [6.45, 7) is 1.92. The Morgan fingerprint density at radius 3 is 2.80 bits per heavy atom. The Labute approximate surface area is 181 Å². The Morgan fingerprint density at radius 2 is 2.03 bits per heavy atom. The zero-order chi connectivity index (χ0) is 21.1. The van der Waals surface area contributed by atoms with Crippen LogP contribution in [0, 0.1) is 0 Å². The molecule has 0 aliphatic rings. The molecule has 152 valence electrons. The Balaban J connectivity index is 1.51. The van der Waals surface area contributed by atoms with E-state index in [1.165, 1.54) is 6.20 Å². The van der Waals surface area contributed by atoms with Crippen molar-refractivity contribution in [3.63, 3.8) is 0 Å². The van der Waals surface area contributed by atoms with Gasteiger partial charge in [0.05, 0.1) is 23.7 Å². The molecule has 1 atom stereocenters. The summed E-state index contributed by atoms with van der Waals surface area (Å²) >= 11 is 7.23. The zero-order valence-corrected chi connectivity index (χ0v) is 17.6. The molecule has 0 aliphatic heterocycles. The molecular weight excluding hydrogens is 422 g/mol. The number of carbonyl (C=O) groups excluding carboxylic acids is 1. The van der Waals surface area contributed by atoms with Crippen molar-refractivity contribution in [2.75, 3.05) is 5.75 Å². The molecule has 0 saturated carbocycles. The van der Waals surface area contributed by atoms with Crippen molar-refractivity contribution in [1.29, 1.82) is 0 Å². The van der Waals surface area contributed by atoms with Crippen LogP contribution in [0.2, 0.25) is 5.02 Å². The van der Waals surface area contributed by atoms with Crippen molar-refractivity contribution in [1.82, 2.24) is 25.1 Å². The van der Waals surface area contributed by atoms with Crippen LogP contribution in [0.15, 0.2) is 70.7 Å². The van der Waals surface area contributed by atoms with E-state index >= 15 is 0 Å². The first kappa shape index (κ1) is 20.2. The van der Waals surface area contributed by atoms with E-state index in [4.69, 9.17) is 11.6 Å². The van der Waals surface area contributed by atoms with Crippen LogP contribution in [0.1, 0.15) is 18.5 Å². The topological polar surface area (TPSA) is 92.7 Å². The number of benzene rings is 2. The van der Waals surface area contributed by atoms with Gasteiger partial charge >= 0.3 is 0 Å². The van der Waals surface area contributed by atoms with Crippen molar-refractivity contribution in [3.8, 4) is 5.69 Å². The number of aromatic nitrogens is 4. The molecule has 2 N–H and O–H groups in total. The van der Waals surface area contributed by atoms with E-state index in [0.29, 0.717) is 26.9 Å². The van der Waals surface area contributed by atoms with E-state index in [1.54, 1.807) is 22.9 Å². The number of hydrogen-bond donors (Lipinski definition) is 2. The molecule has 0 spiro atoms. The molecule has 0 bridgehead atoms. The first-order valence-electron chi connectivity index (χ1n) is 9.22. The third-order valence-corrected chi connectivity index (χ3v) is 5.59. The number of nitrogens with one attached hydrogen (secondary N) is 2. The maximum Gasteiger partial charge on any atom is 0.262 e. The molecule has 0 saturated heterocycles. The van der Waals surface area contributed by atoms with Gasteiger partial charge in [0.1, 0.15) is 5.39 Å². The molecule has 2 aromatic heterocycles. The van der Waals surface area contributed by atoms with Crippen molar-refractivity contribution in [3.05, 3.63) is 81.7 Å². The van der Waals surface area contributed by atoms with E-state index in [-0.39, 0.29) is 23.3 Å². The quantitative estimate of drug-likeness (QED) is 0.352. The van der Waals surface area contributed by atoms with Gasteiger partial charge in [-0.3, -0.25) is 9.59 Å². The van der Waals surface area contributed by atoms with E-state index in [0.717, 1.165) is 17.3 Å². The fraction of sp³-hybridized carbons (Fsp3) is 0.143. The van der Waals surface area contributed by atoms with Crippen LogP contribution in [-0.4, -0.2) is 31.4 Å². The third kappa shape index (κ3) is 4.39. The minimum absolute atomic E-state index is 0.113. The van der Waals surface area contributed by atoms with Crippen molar-refractivity contribution in [2.45, 2.75) is 18.1 Å². The number of halogens is 1. The van der Waals surface area contributed by atoms with Crippen LogP contribution in [0.25, 0.3) is 16.7 Å². The SMILES string of the molecule is C[C@@H](NC(=O)CSc1nc2c(cnn2-c2cccc(Cl)c2)c(=O)[nH]1)c1ccccc1. The van der Waals surface area contributed by atoms with Gasteiger partial charge in [0.15, 0.2) is 10.8 Å². The summed E-state index contributed by atoms with van der Waals surface area (Å²) in [5.74, 6) is -0.0286. The van der Waals surface area contributed by atoms with Gasteiger partial charge in [-0.25, -0.2) is 9.67 Å². The normalized spacial score (nSPS) is 12.1. The van der Waals surface area contributed by atoms with Crippen molar-refractivity contribution < 1.29 is 4.79 Å². The van der Waals surface area contributed by atoms with Crippen LogP contribution in [0.3, 0.4) is 0 Å². The summed E-state index contributed by atoms with van der Waals surface area (Å²) in [5, 5.41) is 8.47. The van der Waals surface area contributed by atoms with Gasteiger partial charge in [0, 0.05) is 5.02 Å². The maximum absolute atomic E-state index is 12.4. The molecule has 1 amide bonds. The number of nitrogens with zero attached hydrogens (tertiary/aromatic N) is 3. The largest absolute Gasteiger partial charge is 0.349 e. The fourth-order valence-corrected chi connectivity index (χ4v) is 3.86. The average Bonchev–Trinajstić information content (AvgIpc) is 3.17. The fourth-order valence-electron chi connectivity index (χ4n) is 3.01. The van der Waals surface area contributed by atoms with E-state index in [1.807, 2.05) is 43.3 Å². The number of amides is 1. The van der Waals surface area contributed by atoms with Gasteiger partial charge < -0.3 is 10.3 Å². The van der Waals surface area contributed by atoms with Crippen LogP contribution in [-0.2, 0) is 4.79 Å². The first-order chi connectivity index (χ1) is 14.5. The lowest BCUT2D eigenvalue weighted by molar-refractivity contribution is -0.119. The van der Waals surface area contributed by atoms with E-state index in [9.17, 15) is 9.59 Å². The average molecular weight is 440 g/mol. The van der Waals surface area contributed by atoms with Crippen LogP contribution in [0.5, 0.6) is 0 Å². The lowest BCUT2D eigenvalue weighted by Crippen LogP contribution is -2.28. The van der Waals surface area contributed by atoms with Gasteiger partial charge in [-0.2, -0.15) is 5.10 Å². The Kier molecular flexibility index (Phi) is 5.87. The second-order valence-corrected chi connectivity index (χ2v) is 8.03. The highest BCUT2D eigenvalue weighted by Crippen LogP contribution is 2.20. The number of H-pyrrole nitrogens is 1. The predicted molar refractivity (Wildman–Crippen MR) is 118 cm³/mol. The highest BCUT2D eigenvalue weighted by molar-refractivity contribution is 7.99. The highest BCUT2D eigenvalue weighted by atomic mass is 35.5. The van der Waals surface area contributed by atoms with E-state index < -0.39 is 0 Å². The van der Waals surface area contributed by atoms with Crippen molar-refractivity contribution >= 4 is 40.3 Å². The predicted octanol–water partition coefficient (Wildman–Crippen LogP) is 3.73. The first-order valence-corrected chi connectivity index (χ1v) is 10.6. The molecule has 0 fully saturated rings. The summed E-state index contributed by atoms with van der Waals surface area (Å²) in [5.41, 5.74) is 1.81. The number of carbonyl (C=O) groups is 1. The molecule has 7 nitrogen and oxygen atoms in total. The molecule has 30 heavy (non-hydrogen) atoms. The standard InChI is InChI=1S/C21H18ClN5O2S/c1-13(14-6-3-2-4-7-14)24-18(28)12-30-21-25-19-17(20(29)26-21)11-23-27(19)16-9-5-8-15(22)10-16/h2-11,13H,12H2,1H3,(H,24,28)(H,25,26,29)/t13-/m1/s1. The maximum atomic E-state index is 12.4. The third-order valence-electron chi connectivity index (χ3n) is 4.49. The summed E-state index contributed by atoms with van der Waals surface area (Å²) in [7, 11) is 0. The summed E-state index contributed by atoms with van der Waals surface area (Å²) in [6, 6.07) is 16.7. The van der Waals surface area contributed by atoms with Gasteiger partial charge in [0.25, 0.3) is 5.56 Å². The smallest absolute Gasteiger partial charge is 0.262 e. The Morgan fingerprint density at radius 1 is 1.23 bits per heavy atom. The molecule has 9 heteroatoms. The lowest BCUT2D eigenvalue weighted by atomic mass is 10.1. The van der Waals surface area contributed by atoms with Gasteiger partial charge in [-0.1, -0.05) is 59.8 Å². The van der Waals surface area contributed by atoms with Gasteiger partial charge in [-0.15, -0.1) is 0 Å². The van der Waals surface area contributed by atoms with E-state index in [2.05, 4.69) is 20.4 Å². The van der Waals surface area contributed by atoms with Crippen LogP contribution in [0.4, 0.5) is 0 Å². The van der Waals surface area contributed by atoms with Crippen LogP contribution < -0.4 is 10.9 Å². The number of aromatic amines is 1. The molecule has 4 aromatic rings. The highest BCUT2D eigenvalue weighted by Gasteiger charge is 2.14. The summed E-state index contributed by atoms with van der Waals surface area (Å²) < 4.78 is 1.55. The molecule has 0 aliphatic carbocycles. The second kappa shape index (κ2) is 8.73. The molecule has 2 heterocycles. The molecular formula is C21H18ClN5O2S.